The molecular weight excluding hydrogens is 324 g/mol. The summed E-state index contributed by atoms with van der Waals surface area (Å²) in [4.78, 5) is 18.5. The lowest BCUT2D eigenvalue weighted by Crippen LogP contribution is -2.54. The van der Waals surface area contributed by atoms with Crippen LogP contribution in [0.3, 0.4) is 0 Å². The Morgan fingerprint density at radius 1 is 0.769 bits per heavy atom. The zero-order valence-electron chi connectivity index (χ0n) is 16.7. The van der Waals surface area contributed by atoms with Crippen molar-refractivity contribution in [2.75, 3.05) is 42.3 Å². The van der Waals surface area contributed by atoms with Gasteiger partial charge in [-0.3, -0.25) is 0 Å². The highest BCUT2D eigenvalue weighted by atomic mass is 15.5. The Labute approximate surface area is 156 Å². The van der Waals surface area contributed by atoms with E-state index in [1.165, 1.54) is 0 Å². The average molecular weight is 352 g/mol. The van der Waals surface area contributed by atoms with E-state index in [0.29, 0.717) is 0 Å². The van der Waals surface area contributed by atoms with Crippen LogP contribution in [0.15, 0.2) is 46.4 Å². The zero-order chi connectivity index (χ0) is 19.0. The standard InChI is InChI=1S/C20H28N6/c1-14-25(6)19(23(2)3)21-16-12-8-10-15-11-9-13-17(18(15)16)22-20(24(4)5)26(14)7/h8-14H,1-7H3. The smallest absolute Gasteiger partial charge is 0.202 e. The van der Waals surface area contributed by atoms with Crippen molar-refractivity contribution < 1.29 is 0 Å². The Hall–Kier alpha value is -2.76. The summed E-state index contributed by atoms with van der Waals surface area (Å²) in [5.74, 6) is 1.82. The first-order chi connectivity index (χ1) is 12.3. The molecule has 0 unspecified atom stereocenters. The predicted octanol–water partition coefficient (Wildman–Crippen LogP) is 3.16. The highest BCUT2D eigenvalue weighted by Gasteiger charge is 2.25. The predicted molar refractivity (Wildman–Crippen MR) is 111 cm³/mol. The van der Waals surface area contributed by atoms with Crippen LogP contribution in [0.2, 0.25) is 0 Å². The SMILES string of the molecule is CC1N(C)C(N(C)C)=Nc2cccc3cccc(c23)N=C(N(C)C)N1C. The lowest BCUT2D eigenvalue weighted by molar-refractivity contribution is 0.200. The van der Waals surface area contributed by atoms with Crippen molar-refractivity contribution in [3.8, 4) is 0 Å². The molecule has 0 saturated heterocycles. The quantitative estimate of drug-likeness (QED) is 0.730. The van der Waals surface area contributed by atoms with Crippen LogP contribution < -0.4 is 0 Å². The third-order valence-electron chi connectivity index (χ3n) is 4.85. The van der Waals surface area contributed by atoms with E-state index in [4.69, 9.17) is 9.98 Å². The van der Waals surface area contributed by atoms with Gasteiger partial charge in [-0.1, -0.05) is 24.3 Å². The molecular formula is C20H28N6. The fraction of sp³-hybridized carbons (Fsp3) is 0.400. The molecule has 0 radical (unpaired) electrons. The third-order valence-corrected chi connectivity index (χ3v) is 4.85. The Kier molecular flexibility index (Phi) is 4.76. The number of hydrogen-bond acceptors (Lipinski definition) is 6. The molecule has 3 rings (SSSR count). The van der Waals surface area contributed by atoms with Gasteiger partial charge in [0.25, 0.3) is 0 Å². The maximum atomic E-state index is 5.01. The van der Waals surface area contributed by atoms with Gasteiger partial charge in [-0.2, -0.15) is 0 Å². The molecule has 2 aromatic carbocycles. The lowest BCUT2D eigenvalue weighted by atomic mass is 10.1. The Bertz CT molecular complexity index is 801. The Morgan fingerprint density at radius 2 is 1.19 bits per heavy atom. The second kappa shape index (κ2) is 6.86. The molecule has 26 heavy (non-hydrogen) atoms. The number of guanidine groups is 2. The molecule has 0 atom stereocenters. The van der Waals surface area contributed by atoms with Gasteiger partial charge in [-0.15, -0.1) is 0 Å². The molecule has 138 valence electrons. The molecule has 2 aromatic rings. The molecule has 6 nitrogen and oxygen atoms in total. The van der Waals surface area contributed by atoms with Crippen molar-refractivity contribution in [2.24, 2.45) is 9.98 Å². The molecule has 6 heteroatoms. The normalized spacial score (nSPS) is 17.7. The molecule has 0 bridgehead atoms. The van der Waals surface area contributed by atoms with Crippen LogP contribution in [0.25, 0.3) is 10.8 Å². The highest BCUT2D eigenvalue weighted by Crippen LogP contribution is 2.35. The van der Waals surface area contributed by atoms with Gasteiger partial charge in [0.1, 0.15) is 6.17 Å². The van der Waals surface area contributed by atoms with Gasteiger partial charge in [-0.25, -0.2) is 9.98 Å². The maximum Gasteiger partial charge on any atom is 0.202 e. The summed E-state index contributed by atoms with van der Waals surface area (Å²) in [5, 5.41) is 2.22. The molecule has 0 amide bonds. The molecule has 1 aliphatic rings. The van der Waals surface area contributed by atoms with Crippen molar-refractivity contribution >= 4 is 34.1 Å². The van der Waals surface area contributed by atoms with E-state index in [-0.39, 0.29) is 6.17 Å². The van der Waals surface area contributed by atoms with Crippen LogP contribution in [0.1, 0.15) is 6.92 Å². The molecule has 1 heterocycles. The van der Waals surface area contributed by atoms with Crippen molar-refractivity contribution in [3.63, 3.8) is 0 Å². The third kappa shape index (κ3) is 3.07. The summed E-state index contributed by atoms with van der Waals surface area (Å²) in [6.45, 7) is 2.16. The van der Waals surface area contributed by atoms with Crippen LogP contribution >= 0.6 is 0 Å². The second-order valence-corrected chi connectivity index (χ2v) is 7.12. The summed E-state index contributed by atoms with van der Waals surface area (Å²) in [6, 6.07) is 12.4. The summed E-state index contributed by atoms with van der Waals surface area (Å²) in [6.07, 6.45) is 0.0850. The lowest BCUT2D eigenvalue weighted by Gasteiger charge is -2.40. The minimum atomic E-state index is 0.0850. The van der Waals surface area contributed by atoms with Crippen LogP contribution in [-0.2, 0) is 0 Å². The first-order valence-corrected chi connectivity index (χ1v) is 8.80. The van der Waals surface area contributed by atoms with Gasteiger partial charge in [0, 0.05) is 47.7 Å². The van der Waals surface area contributed by atoms with Gasteiger partial charge in [0.05, 0.1) is 11.4 Å². The van der Waals surface area contributed by atoms with Crippen molar-refractivity contribution in [3.05, 3.63) is 36.4 Å². The van der Waals surface area contributed by atoms with E-state index >= 15 is 0 Å². The van der Waals surface area contributed by atoms with Gasteiger partial charge in [0.2, 0.25) is 11.9 Å². The van der Waals surface area contributed by atoms with Gasteiger partial charge in [0.15, 0.2) is 0 Å². The minimum absolute atomic E-state index is 0.0850. The van der Waals surface area contributed by atoms with Crippen LogP contribution in [0, 0.1) is 0 Å². The monoisotopic (exact) mass is 352 g/mol. The first-order valence-electron chi connectivity index (χ1n) is 8.80. The number of aliphatic imine (C=N–C) groups is 2. The highest BCUT2D eigenvalue weighted by molar-refractivity contribution is 6.04. The summed E-state index contributed by atoms with van der Waals surface area (Å²) in [5.41, 5.74) is 1.87. The number of nitrogens with zero attached hydrogens (tertiary/aromatic N) is 6. The molecule has 0 N–H and O–H groups in total. The second-order valence-electron chi connectivity index (χ2n) is 7.12. The summed E-state index contributed by atoms with van der Waals surface area (Å²) < 4.78 is 0. The molecule has 0 spiro atoms. The molecule has 0 saturated carbocycles. The topological polar surface area (TPSA) is 37.7 Å². The molecule has 1 aliphatic heterocycles. The van der Waals surface area contributed by atoms with Gasteiger partial charge >= 0.3 is 0 Å². The van der Waals surface area contributed by atoms with Crippen LogP contribution in [0.5, 0.6) is 0 Å². The first kappa shape index (κ1) is 18.0. The van der Waals surface area contributed by atoms with E-state index in [9.17, 15) is 0 Å². The largest absolute Gasteiger partial charge is 0.349 e. The van der Waals surface area contributed by atoms with Gasteiger partial charge in [-0.05, 0) is 24.4 Å². The minimum Gasteiger partial charge on any atom is -0.349 e. The molecule has 0 fully saturated rings. The Balaban J connectivity index is 2.39. The van der Waals surface area contributed by atoms with E-state index < -0.39 is 0 Å². The van der Waals surface area contributed by atoms with E-state index in [1.807, 2.05) is 28.2 Å². The molecule has 0 aromatic heterocycles. The molecule has 0 aliphatic carbocycles. The zero-order valence-corrected chi connectivity index (χ0v) is 16.7. The summed E-state index contributed by atoms with van der Waals surface area (Å²) in [7, 11) is 12.3. The van der Waals surface area contributed by atoms with E-state index in [2.05, 4.69) is 77.0 Å². The van der Waals surface area contributed by atoms with Gasteiger partial charge < -0.3 is 19.6 Å². The fourth-order valence-electron chi connectivity index (χ4n) is 3.29. The van der Waals surface area contributed by atoms with E-state index in [1.54, 1.807) is 0 Å². The van der Waals surface area contributed by atoms with Crippen LogP contribution in [0.4, 0.5) is 11.4 Å². The van der Waals surface area contributed by atoms with Crippen LogP contribution in [-0.4, -0.2) is 80.0 Å². The average Bonchev–Trinajstić information content (AvgIpc) is 2.61. The fourth-order valence-corrected chi connectivity index (χ4v) is 3.29. The Morgan fingerprint density at radius 3 is 1.58 bits per heavy atom. The summed E-state index contributed by atoms with van der Waals surface area (Å²) >= 11 is 0. The number of rotatable bonds is 0. The van der Waals surface area contributed by atoms with Crippen molar-refractivity contribution in [1.82, 2.24) is 19.6 Å². The van der Waals surface area contributed by atoms with E-state index in [0.717, 1.165) is 34.1 Å². The van der Waals surface area contributed by atoms with Crippen molar-refractivity contribution in [1.29, 1.82) is 0 Å². The number of benzene rings is 2. The number of hydrogen-bond donors (Lipinski definition) is 0. The van der Waals surface area contributed by atoms with Crippen molar-refractivity contribution in [2.45, 2.75) is 13.1 Å². The maximum absolute atomic E-state index is 5.01.